The van der Waals surface area contributed by atoms with E-state index in [0.29, 0.717) is 5.69 Å². The Labute approximate surface area is 111 Å². The number of amides is 1. The molecule has 1 amide bonds. The number of nitrogens with one attached hydrogen (secondary N) is 1. The SMILES string of the molecule is Cc1cc(Cl)c(C(=O)NCCSC(F)(F)F)cn1. The Morgan fingerprint density at radius 3 is 2.78 bits per heavy atom. The van der Waals surface area contributed by atoms with Gasteiger partial charge in [0.1, 0.15) is 0 Å². The van der Waals surface area contributed by atoms with Gasteiger partial charge < -0.3 is 5.32 Å². The van der Waals surface area contributed by atoms with E-state index in [0.717, 1.165) is 0 Å². The van der Waals surface area contributed by atoms with Crippen molar-refractivity contribution in [2.24, 2.45) is 0 Å². The molecule has 1 aromatic heterocycles. The predicted molar refractivity (Wildman–Crippen MR) is 64.8 cm³/mol. The van der Waals surface area contributed by atoms with E-state index in [4.69, 9.17) is 11.6 Å². The maximum Gasteiger partial charge on any atom is 0.441 e. The molecule has 1 heterocycles. The Morgan fingerprint density at radius 2 is 2.22 bits per heavy atom. The number of aryl methyl sites for hydroxylation is 1. The Bertz CT molecular complexity index is 440. The van der Waals surface area contributed by atoms with Crippen LogP contribution in [-0.4, -0.2) is 28.7 Å². The van der Waals surface area contributed by atoms with Crippen molar-refractivity contribution in [2.45, 2.75) is 12.4 Å². The number of rotatable bonds is 4. The molecule has 1 N–H and O–H groups in total. The third kappa shape index (κ3) is 5.14. The van der Waals surface area contributed by atoms with E-state index in [1.54, 1.807) is 6.92 Å². The van der Waals surface area contributed by atoms with Crippen LogP contribution in [0.1, 0.15) is 16.1 Å². The van der Waals surface area contributed by atoms with Crippen LogP contribution in [0.2, 0.25) is 5.02 Å². The van der Waals surface area contributed by atoms with Crippen LogP contribution in [0.4, 0.5) is 13.2 Å². The normalized spacial score (nSPS) is 11.4. The summed E-state index contributed by atoms with van der Waals surface area (Å²) >= 11 is 5.64. The minimum Gasteiger partial charge on any atom is -0.351 e. The van der Waals surface area contributed by atoms with Crippen LogP contribution in [0, 0.1) is 6.92 Å². The Balaban J connectivity index is 2.46. The minimum atomic E-state index is -4.28. The number of halogens is 4. The summed E-state index contributed by atoms with van der Waals surface area (Å²) in [6.07, 6.45) is 1.30. The monoisotopic (exact) mass is 298 g/mol. The molecule has 1 rings (SSSR count). The maximum atomic E-state index is 11.8. The summed E-state index contributed by atoms with van der Waals surface area (Å²) in [4.78, 5) is 15.5. The number of aromatic nitrogens is 1. The average molecular weight is 299 g/mol. The molecular weight excluding hydrogens is 289 g/mol. The highest BCUT2D eigenvalue weighted by Gasteiger charge is 2.27. The van der Waals surface area contributed by atoms with Gasteiger partial charge >= 0.3 is 5.51 Å². The van der Waals surface area contributed by atoms with E-state index in [9.17, 15) is 18.0 Å². The Kier molecular flexibility index (Phi) is 5.28. The van der Waals surface area contributed by atoms with Gasteiger partial charge in [-0.1, -0.05) is 11.6 Å². The highest BCUT2D eigenvalue weighted by molar-refractivity contribution is 8.00. The third-order valence-electron chi connectivity index (χ3n) is 1.89. The van der Waals surface area contributed by atoms with Crippen molar-refractivity contribution >= 4 is 29.3 Å². The lowest BCUT2D eigenvalue weighted by Gasteiger charge is -2.08. The zero-order valence-electron chi connectivity index (χ0n) is 9.34. The van der Waals surface area contributed by atoms with Gasteiger partial charge in [0.25, 0.3) is 5.91 Å². The number of hydrogen-bond donors (Lipinski definition) is 1. The number of hydrogen-bond acceptors (Lipinski definition) is 3. The third-order valence-corrected chi connectivity index (χ3v) is 2.94. The van der Waals surface area contributed by atoms with Gasteiger partial charge in [-0.05, 0) is 24.8 Å². The standard InChI is InChI=1S/C10H10ClF3N2OS/c1-6-4-8(11)7(5-16-6)9(17)15-2-3-18-10(12,13)14/h4-5H,2-3H2,1H3,(H,15,17). The molecule has 0 unspecified atom stereocenters. The topological polar surface area (TPSA) is 42.0 Å². The molecule has 8 heteroatoms. The van der Waals surface area contributed by atoms with Crippen LogP contribution in [0.3, 0.4) is 0 Å². The van der Waals surface area contributed by atoms with Gasteiger partial charge in [0, 0.05) is 24.2 Å². The first kappa shape index (κ1) is 15.1. The van der Waals surface area contributed by atoms with Crippen LogP contribution in [0.5, 0.6) is 0 Å². The highest BCUT2D eigenvalue weighted by atomic mass is 35.5. The van der Waals surface area contributed by atoms with E-state index >= 15 is 0 Å². The molecular formula is C10H10ClF3N2OS. The zero-order chi connectivity index (χ0) is 13.8. The number of pyridine rings is 1. The molecule has 3 nitrogen and oxygen atoms in total. The van der Waals surface area contributed by atoms with Crippen LogP contribution >= 0.6 is 23.4 Å². The molecule has 100 valence electrons. The van der Waals surface area contributed by atoms with Gasteiger partial charge in [-0.2, -0.15) is 13.2 Å². The molecule has 0 aliphatic rings. The summed E-state index contributed by atoms with van der Waals surface area (Å²) in [5.41, 5.74) is -3.48. The van der Waals surface area contributed by atoms with Crippen molar-refractivity contribution in [3.05, 3.63) is 28.5 Å². The molecule has 0 saturated heterocycles. The number of carbonyl (C=O) groups is 1. The first-order valence-corrected chi connectivity index (χ1v) is 6.27. The van der Waals surface area contributed by atoms with Gasteiger partial charge in [0.05, 0.1) is 10.6 Å². The molecule has 0 bridgehead atoms. The van der Waals surface area contributed by atoms with E-state index < -0.39 is 11.4 Å². The molecule has 0 radical (unpaired) electrons. The van der Waals surface area contributed by atoms with E-state index in [-0.39, 0.29) is 34.6 Å². The molecule has 0 fully saturated rings. The lowest BCUT2D eigenvalue weighted by Crippen LogP contribution is -2.27. The second-order valence-corrected chi connectivity index (χ2v) is 4.92. The van der Waals surface area contributed by atoms with Crippen LogP contribution in [-0.2, 0) is 0 Å². The summed E-state index contributed by atoms with van der Waals surface area (Å²) in [7, 11) is 0. The molecule has 1 aromatic rings. The average Bonchev–Trinajstić information content (AvgIpc) is 2.22. The summed E-state index contributed by atoms with van der Waals surface area (Å²) in [6, 6.07) is 1.51. The van der Waals surface area contributed by atoms with Crippen LogP contribution in [0.25, 0.3) is 0 Å². The van der Waals surface area contributed by atoms with Crippen molar-refractivity contribution in [2.75, 3.05) is 12.3 Å². The van der Waals surface area contributed by atoms with Gasteiger partial charge in [0.2, 0.25) is 0 Å². The molecule has 0 spiro atoms. The van der Waals surface area contributed by atoms with E-state index in [1.165, 1.54) is 12.3 Å². The van der Waals surface area contributed by atoms with Crippen molar-refractivity contribution < 1.29 is 18.0 Å². The first-order chi connectivity index (χ1) is 8.29. The highest BCUT2D eigenvalue weighted by Crippen LogP contribution is 2.29. The fourth-order valence-corrected chi connectivity index (χ4v) is 1.85. The summed E-state index contributed by atoms with van der Waals surface area (Å²) in [6.45, 7) is 1.63. The zero-order valence-corrected chi connectivity index (χ0v) is 10.9. The smallest absolute Gasteiger partial charge is 0.351 e. The summed E-state index contributed by atoms with van der Waals surface area (Å²) < 4.78 is 35.5. The van der Waals surface area contributed by atoms with E-state index in [1.807, 2.05) is 0 Å². The molecule has 0 aromatic carbocycles. The second kappa shape index (κ2) is 6.29. The van der Waals surface area contributed by atoms with Crippen LogP contribution in [0.15, 0.2) is 12.3 Å². The quantitative estimate of drug-likeness (QED) is 0.869. The van der Waals surface area contributed by atoms with Crippen LogP contribution < -0.4 is 5.32 Å². The fourth-order valence-electron chi connectivity index (χ4n) is 1.12. The molecule has 0 aliphatic carbocycles. The largest absolute Gasteiger partial charge is 0.441 e. The van der Waals surface area contributed by atoms with Crippen molar-refractivity contribution in [1.29, 1.82) is 0 Å². The van der Waals surface area contributed by atoms with Gasteiger partial charge in [0.15, 0.2) is 0 Å². The molecule has 18 heavy (non-hydrogen) atoms. The summed E-state index contributed by atoms with van der Waals surface area (Å²) in [5, 5.41) is 2.57. The van der Waals surface area contributed by atoms with Crippen molar-refractivity contribution in [1.82, 2.24) is 10.3 Å². The van der Waals surface area contributed by atoms with Gasteiger partial charge in [-0.3, -0.25) is 9.78 Å². The Morgan fingerprint density at radius 1 is 1.56 bits per heavy atom. The maximum absolute atomic E-state index is 11.8. The second-order valence-electron chi connectivity index (χ2n) is 3.36. The number of thioether (sulfide) groups is 1. The number of carbonyl (C=O) groups excluding carboxylic acids is 1. The Hall–Kier alpha value is -0.950. The minimum absolute atomic E-state index is 0.0901. The van der Waals surface area contributed by atoms with Gasteiger partial charge in [-0.25, -0.2) is 0 Å². The molecule has 0 aliphatic heterocycles. The van der Waals surface area contributed by atoms with Gasteiger partial charge in [-0.15, -0.1) is 0 Å². The number of nitrogens with zero attached hydrogens (tertiary/aromatic N) is 1. The van der Waals surface area contributed by atoms with Crippen molar-refractivity contribution in [3.8, 4) is 0 Å². The summed E-state index contributed by atoms with van der Waals surface area (Å²) in [5.74, 6) is -0.776. The van der Waals surface area contributed by atoms with Crippen molar-refractivity contribution in [3.63, 3.8) is 0 Å². The first-order valence-electron chi connectivity index (χ1n) is 4.90. The fraction of sp³-hybridized carbons (Fsp3) is 0.400. The predicted octanol–water partition coefficient (Wildman–Crippen LogP) is 3.03. The number of alkyl halides is 3. The lowest BCUT2D eigenvalue weighted by atomic mass is 10.2. The lowest BCUT2D eigenvalue weighted by molar-refractivity contribution is -0.0327. The molecule has 0 atom stereocenters. The van der Waals surface area contributed by atoms with E-state index in [2.05, 4.69) is 10.3 Å². The molecule has 0 saturated carbocycles.